The van der Waals surface area contributed by atoms with Crippen LogP contribution in [0.2, 0.25) is 0 Å². The predicted octanol–water partition coefficient (Wildman–Crippen LogP) is 6.88. The van der Waals surface area contributed by atoms with Crippen molar-refractivity contribution in [3.8, 4) is 0 Å². The summed E-state index contributed by atoms with van der Waals surface area (Å²) >= 11 is 0. The molecule has 1 amide bonds. The quantitative estimate of drug-likeness (QED) is 0.277. The van der Waals surface area contributed by atoms with Crippen molar-refractivity contribution in [1.82, 2.24) is 20.0 Å². The van der Waals surface area contributed by atoms with Crippen LogP contribution in [0.5, 0.6) is 0 Å². The van der Waals surface area contributed by atoms with Crippen LogP contribution < -0.4 is 5.32 Å². The van der Waals surface area contributed by atoms with Gasteiger partial charge in [0, 0.05) is 66.6 Å². The first-order valence-electron chi connectivity index (χ1n) is 16.8. The van der Waals surface area contributed by atoms with Gasteiger partial charge in [0.15, 0.2) is 0 Å². The van der Waals surface area contributed by atoms with Crippen molar-refractivity contribution in [3.05, 3.63) is 70.8 Å². The first-order valence-corrected chi connectivity index (χ1v) is 16.8. The van der Waals surface area contributed by atoms with E-state index in [0.717, 1.165) is 38.3 Å². The molecule has 2 heterocycles. The topological polar surface area (TPSA) is 104 Å². The van der Waals surface area contributed by atoms with Crippen LogP contribution in [0, 0.1) is 0 Å². The van der Waals surface area contributed by atoms with Gasteiger partial charge in [0.25, 0.3) is 0 Å². The summed E-state index contributed by atoms with van der Waals surface area (Å²) in [5.41, 5.74) is -0.633. The summed E-state index contributed by atoms with van der Waals surface area (Å²) in [7, 11) is 3.10. The molecule has 2 unspecified atom stereocenters. The molecule has 306 valence electrons. The average molecular weight is 791 g/mol. The number of methoxy groups -OCH3 is 2. The van der Waals surface area contributed by atoms with Gasteiger partial charge in [-0.2, -0.15) is 39.5 Å². The molecule has 0 aromatic heterocycles. The van der Waals surface area contributed by atoms with E-state index in [2.05, 4.69) is 10.2 Å². The van der Waals surface area contributed by atoms with Crippen LogP contribution in [0.4, 0.5) is 44.3 Å². The highest BCUT2D eigenvalue weighted by Gasteiger charge is 2.38. The number of carbonyl (C=O) groups is 2. The molecule has 2 N–H and O–H groups in total. The lowest BCUT2D eigenvalue weighted by Crippen LogP contribution is -2.51. The molecule has 2 saturated heterocycles. The Morgan fingerprint density at radius 3 is 1.43 bits per heavy atom. The van der Waals surface area contributed by atoms with Crippen molar-refractivity contribution in [2.75, 3.05) is 79.8 Å². The Labute approximate surface area is 308 Å². The molecular formula is C35H47F9N4O6. The zero-order chi connectivity index (χ0) is 40.9. The third kappa shape index (κ3) is 15.6. The Kier molecular flexibility index (Phi) is 17.5. The summed E-state index contributed by atoms with van der Waals surface area (Å²) in [6.45, 7) is 11.4. The Morgan fingerprint density at radius 1 is 0.704 bits per heavy atom. The van der Waals surface area contributed by atoms with Crippen LogP contribution in [0.1, 0.15) is 55.1 Å². The first kappa shape index (κ1) is 46.5. The summed E-state index contributed by atoms with van der Waals surface area (Å²) in [5, 5.41) is 10.4. The smallest absolute Gasteiger partial charge is 0.475 e. The Bertz CT molecular complexity index is 1450. The number of carbonyl (C=O) groups excluding carboxylic acids is 1. The zero-order valence-electron chi connectivity index (χ0n) is 30.6. The minimum Gasteiger partial charge on any atom is -0.475 e. The van der Waals surface area contributed by atoms with E-state index in [-0.39, 0.29) is 24.8 Å². The molecule has 2 aromatic rings. The second-order valence-corrected chi connectivity index (χ2v) is 13.3. The predicted molar refractivity (Wildman–Crippen MR) is 180 cm³/mol. The molecule has 2 aliphatic heterocycles. The summed E-state index contributed by atoms with van der Waals surface area (Å²) in [5.74, 6) is -2.76. The number of ether oxygens (including phenoxy) is 3. The van der Waals surface area contributed by atoms with Crippen LogP contribution in [0.15, 0.2) is 48.5 Å². The number of nitrogens with zero attached hydrogens (tertiary/aromatic N) is 3. The van der Waals surface area contributed by atoms with Crippen LogP contribution in [0.25, 0.3) is 0 Å². The van der Waals surface area contributed by atoms with Gasteiger partial charge in [0.1, 0.15) is 5.60 Å². The highest BCUT2D eigenvalue weighted by atomic mass is 19.4. The van der Waals surface area contributed by atoms with Crippen LogP contribution in [0.3, 0.4) is 0 Å². The molecule has 0 saturated carbocycles. The van der Waals surface area contributed by atoms with E-state index in [1.54, 1.807) is 24.1 Å². The molecule has 2 fully saturated rings. The number of rotatable bonds is 8. The molecule has 10 nitrogen and oxygen atoms in total. The summed E-state index contributed by atoms with van der Waals surface area (Å²) < 4.78 is 125. The zero-order valence-corrected chi connectivity index (χ0v) is 30.6. The molecule has 2 atom stereocenters. The number of nitrogens with one attached hydrogen (secondary N) is 1. The van der Waals surface area contributed by atoms with E-state index >= 15 is 0 Å². The normalized spacial score (nSPS) is 17.3. The largest absolute Gasteiger partial charge is 0.490 e. The van der Waals surface area contributed by atoms with Crippen LogP contribution in [-0.2, 0) is 31.4 Å². The molecule has 4 rings (SSSR count). The van der Waals surface area contributed by atoms with E-state index in [0.29, 0.717) is 43.9 Å². The fraction of sp³-hybridized carbons (Fsp3) is 0.600. The van der Waals surface area contributed by atoms with E-state index in [9.17, 15) is 44.3 Å². The number of benzene rings is 2. The molecule has 2 aromatic carbocycles. The van der Waals surface area contributed by atoms with Crippen molar-refractivity contribution in [2.45, 2.75) is 57.0 Å². The number of hydrogen-bond donors (Lipinski definition) is 2. The van der Waals surface area contributed by atoms with E-state index in [1.165, 1.54) is 31.4 Å². The average Bonchev–Trinajstić information content (AvgIpc) is 3.09. The summed E-state index contributed by atoms with van der Waals surface area (Å²) in [6, 6.07) is 10.4. The number of amides is 1. The second kappa shape index (κ2) is 20.3. The minimum absolute atomic E-state index is 0.135. The summed E-state index contributed by atoms with van der Waals surface area (Å²) in [6.07, 6.45) is -14.1. The van der Waals surface area contributed by atoms with Gasteiger partial charge in [0.05, 0.1) is 36.4 Å². The first-order chi connectivity index (χ1) is 25.0. The fourth-order valence-corrected chi connectivity index (χ4v) is 5.52. The van der Waals surface area contributed by atoms with E-state index in [1.807, 2.05) is 25.7 Å². The Hall–Kier alpha value is -3.65. The Balaban J connectivity index is 0.000000327. The number of carboxylic acids is 1. The maximum Gasteiger partial charge on any atom is 0.490 e. The summed E-state index contributed by atoms with van der Waals surface area (Å²) in [4.78, 5) is 26.9. The fourth-order valence-electron chi connectivity index (χ4n) is 5.52. The van der Waals surface area contributed by atoms with Crippen molar-refractivity contribution in [1.29, 1.82) is 0 Å². The number of alkyl halides is 9. The SMILES string of the molecule is COCC(c1cccc(C(F)(F)F)c1)N1CCN(C(=O)OC(C)(C)C)CC1.COCC(c1cccc(C(F)(F)F)c1)N1CCNCC1.O=C(O)C(F)(F)F. The van der Waals surface area contributed by atoms with Gasteiger partial charge in [-0.3, -0.25) is 9.80 Å². The standard InChI is InChI=1S/C19H27F3N2O3.C14H19F3N2O.C2HF3O2/c1-18(2,3)27-17(25)24-10-8-23(9-11-24)16(13-26-4)14-6-5-7-15(12-14)19(20,21)22;1-20-10-13(19-7-5-18-6-8-19)11-3-2-4-12(9-11)14(15,16)17;3-2(4,5)1(6)7/h5-7,12,16H,8-11,13H2,1-4H3;2-4,9,13,18H,5-8,10H2,1H3;(H,6,7). The van der Waals surface area contributed by atoms with Crippen molar-refractivity contribution in [2.24, 2.45) is 0 Å². The molecule has 19 heteroatoms. The maximum absolute atomic E-state index is 13.0. The van der Waals surface area contributed by atoms with Crippen molar-refractivity contribution < 1.29 is 68.4 Å². The molecule has 0 bridgehead atoms. The molecule has 0 spiro atoms. The van der Waals surface area contributed by atoms with Gasteiger partial charge in [-0.1, -0.05) is 24.3 Å². The molecule has 2 aliphatic rings. The second-order valence-electron chi connectivity index (χ2n) is 13.3. The van der Waals surface area contributed by atoms with Gasteiger partial charge in [0.2, 0.25) is 0 Å². The van der Waals surface area contributed by atoms with Crippen molar-refractivity contribution >= 4 is 12.1 Å². The third-order valence-corrected chi connectivity index (χ3v) is 8.09. The lowest BCUT2D eigenvalue weighted by Gasteiger charge is -2.39. The highest BCUT2D eigenvalue weighted by Crippen LogP contribution is 2.34. The number of hydrogen-bond acceptors (Lipinski definition) is 8. The van der Waals surface area contributed by atoms with Gasteiger partial charge in [-0.05, 0) is 56.2 Å². The third-order valence-electron chi connectivity index (χ3n) is 8.09. The van der Waals surface area contributed by atoms with E-state index in [4.69, 9.17) is 24.1 Å². The van der Waals surface area contributed by atoms with Gasteiger partial charge in [-0.25, -0.2) is 9.59 Å². The van der Waals surface area contributed by atoms with Crippen LogP contribution in [-0.4, -0.2) is 123 Å². The number of piperazine rings is 2. The monoisotopic (exact) mass is 790 g/mol. The molecule has 0 aliphatic carbocycles. The maximum atomic E-state index is 13.0. The lowest BCUT2D eigenvalue weighted by atomic mass is 10.0. The molecule has 0 radical (unpaired) electrons. The van der Waals surface area contributed by atoms with Gasteiger partial charge >= 0.3 is 30.6 Å². The number of carboxylic acid groups (broad SMARTS) is 1. The van der Waals surface area contributed by atoms with Crippen LogP contribution >= 0.6 is 0 Å². The minimum atomic E-state index is -5.08. The van der Waals surface area contributed by atoms with Gasteiger partial charge in [-0.15, -0.1) is 0 Å². The van der Waals surface area contributed by atoms with Crippen molar-refractivity contribution in [3.63, 3.8) is 0 Å². The van der Waals surface area contributed by atoms with Gasteiger partial charge < -0.3 is 29.5 Å². The lowest BCUT2D eigenvalue weighted by molar-refractivity contribution is -0.192. The molecular weight excluding hydrogens is 743 g/mol. The molecule has 54 heavy (non-hydrogen) atoms. The highest BCUT2D eigenvalue weighted by molar-refractivity contribution is 5.73. The number of halogens is 9. The Morgan fingerprint density at radius 2 is 1.09 bits per heavy atom. The van der Waals surface area contributed by atoms with E-state index < -0.39 is 41.2 Å². The number of aliphatic carboxylic acids is 1.